The van der Waals surface area contributed by atoms with Gasteiger partial charge in [0.15, 0.2) is 0 Å². The number of carbonyl (C=O) groups excluding carboxylic acids is 2. The second-order valence-electron chi connectivity index (χ2n) is 5.13. The molecular weight excluding hydrogens is 304 g/mol. The number of hydrogen-bond acceptors (Lipinski definition) is 3. The van der Waals surface area contributed by atoms with Gasteiger partial charge in [-0.25, -0.2) is 9.59 Å². The van der Waals surface area contributed by atoms with Crippen molar-refractivity contribution in [3.63, 3.8) is 0 Å². The van der Waals surface area contributed by atoms with Gasteiger partial charge in [0.2, 0.25) is 0 Å². The first kappa shape index (κ1) is 16.4. The summed E-state index contributed by atoms with van der Waals surface area (Å²) in [5.74, 6) is -0.411. The Morgan fingerprint density at radius 2 is 2.00 bits per heavy atom. The Labute approximate surface area is 134 Å². The van der Waals surface area contributed by atoms with Crippen LogP contribution in [0.4, 0.5) is 4.79 Å². The summed E-state index contributed by atoms with van der Waals surface area (Å²) in [5.41, 5.74) is 1.82. The highest BCUT2D eigenvalue weighted by Gasteiger charge is 2.34. The van der Waals surface area contributed by atoms with Crippen LogP contribution in [0.1, 0.15) is 31.9 Å². The minimum Gasteiger partial charge on any atom is -0.462 e. The molecule has 22 heavy (non-hydrogen) atoms. The second kappa shape index (κ2) is 6.83. The summed E-state index contributed by atoms with van der Waals surface area (Å²) in [6, 6.07) is 6.24. The number of hydrogen-bond donors (Lipinski definition) is 1. The number of benzene rings is 1. The molecule has 2 amide bonds. The molecule has 1 aliphatic heterocycles. The van der Waals surface area contributed by atoms with E-state index in [1.54, 1.807) is 38.2 Å². The number of esters is 1. The van der Waals surface area contributed by atoms with Crippen LogP contribution in [-0.4, -0.2) is 30.6 Å². The Balaban J connectivity index is 2.42. The van der Waals surface area contributed by atoms with Crippen LogP contribution in [-0.2, 0) is 9.53 Å². The Hall–Kier alpha value is -2.01. The third-order valence-corrected chi connectivity index (χ3v) is 3.87. The van der Waals surface area contributed by atoms with Gasteiger partial charge in [-0.1, -0.05) is 30.7 Å². The number of carbonyl (C=O) groups is 2. The third kappa shape index (κ3) is 3.25. The number of nitrogens with zero attached hydrogens (tertiary/aromatic N) is 1. The van der Waals surface area contributed by atoms with Crippen molar-refractivity contribution in [1.82, 2.24) is 10.2 Å². The van der Waals surface area contributed by atoms with E-state index in [-0.39, 0.29) is 6.03 Å². The summed E-state index contributed by atoms with van der Waals surface area (Å²) in [5, 5.41) is 3.42. The van der Waals surface area contributed by atoms with Gasteiger partial charge in [-0.05, 0) is 31.0 Å². The molecule has 0 saturated carbocycles. The van der Waals surface area contributed by atoms with E-state index in [1.807, 2.05) is 6.92 Å². The Morgan fingerprint density at radius 3 is 2.59 bits per heavy atom. The van der Waals surface area contributed by atoms with Crippen molar-refractivity contribution in [3.8, 4) is 0 Å². The van der Waals surface area contributed by atoms with Crippen molar-refractivity contribution in [3.05, 3.63) is 46.1 Å². The number of amides is 2. The maximum atomic E-state index is 12.4. The highest BCUT2D eigenvalue weighted by molar-refractivity contribution is 6.30. The van der Waals surface area contributed by atoms with E-state index in [1.165, 1.54) is 4.90 Å². The Morgan fingerprint density at radius 1 is 1.36 bits per heavy atom. The molecule has 0 fully saturated rings. The van der Waals surface area contributed by atoms with Crippen LogP contribution in [0.5, 0.6) is 0 Å². The first-order valence-corrected chi connectivity index (χ1v) is 7.51. The maximum absolute atomic E-state index is 12.4. The van der Waals surface area contributed by atoms with Gasteiger partial charge in [-0.3, -0.25) is 0 Å². The SMILES string of the molecule is CCCOC(=O)C1=C(C)N(C)C(=O)N[C@H]1c1ccc(Cl)cc1. The molecule has 118 valence electrons. The monoisotopic (exact) mass is 322 g/mol. The summed E-state index contributed by atoms with van der Waals surface area (Å²) in [7, 11) is 1.62. The lowest BCUT2D eigenvalue weighted by Crippen LogP contribution is -2.46. The maximum Gasteiger partial charge on any atom is 0.338 e. The zero-order chi connectivity index (χ0) is 16.3. The summed E-state index contributed by atoms with van der Waals surface area (Å²) >= 11 is 5.90. The lowest BCUT2D eigenvalue weighted by Gasteiger charge is -2.33. The number of allylic oxidation sites excluding steroid dienone is 1. The molecule has 1 aromatic carbocycles. The average molecular weight is 323 g/mol. The highest BCUT2D eigenvalue weighted by atomic mass is 35.5. The van der Waals surface area contributed by atoms with Crippen LogP contribution in [0.3, 0.4) is 0 Å². The van der Waals surface area contributed by atoms with E-state index in [9.17, 15) is 9.59 Å². The van der Waals surface area contributed by atoms with E-state index in [0.717, 1.165) is 12.0 Å². The summed E-state index contributed by atoms with van der Waals surface area (Å²) < 4.78 is 5.26. The molecule has 0 radical (unpaired) electrons. The first-order valence-electron chi connectivity index (χ1n) is 7.13. The van der Waals surface area contributed by atoms with Crippen LogP contribution in [0, 0.1) is 0 Å². The zero-order valence-corrected chi connectivity index (χ0v) is 13.6. The van der Waals surface area contributed by atoms with Crippen molar-refractivity contribution >= 4 is 23.6 Å². The second-order valence-corrected chi connectivity index (χ2v) is 5.56. The van der Waals surface area contributed by atoms with Gasteiger partial charge in [0.05, 0.1) is 18.2 Å². The van der Waals surface area contributed by atoms with E-state index < -0.39 is 12.0 Å². The fraction of sp³-hybridized carbons (Fsp3) is 0.375. The van der Waals surface area contributed by atoms with Crippen LogP contribution >= 0.6 is 11.6 Å². The number of urea groups is 1. The van der Waals surface area contributed by atoms with Gasteiger partial charge in [0.25, 0.3) is 0 Å². The van der Waals surface area contributed by atoms with Crippen LogP contribution in [0.2, 0.25) is 5.02 Å². The molecule has 0 aromatic heterocycles. The molecule has 6 heteroatoms. The Kier molecular flexibility index (Phi) is 5.08. The van der Waals surface area contributed by atoms with Gasteiger partial charge < -0.3 is 15.0 Å². The predicted molar refractivity (Wildman–Crippen MR) is 84.4 cm³/mol. The molecule has 0 bridgehead atoms. The standard InChI is InChI=1S/C16H19ClN2O3/c1-4-9-22-15(20)13-10(2)19(3)16(21)18-14(13)11-5-7-12(17)8-6-11/h5-8,14H,4,9H2,1-3H3,(H,18,21)/t14-/m0/s1. The molecule has 5 nitrogen and oxygen atoms in total. The van der Waals surface area contributed by atoms with Gasteiger partial charge in [-0.15, -0.1) is 0 Å². The summed E-state index contributed by atoms with van der Waals surface area (Å²) in [4.78, 5) is 25.8. The van der Waals surface area contributed by atoms with E-state index >= 15 is 0 Å². The normalized spacial score (nSPS) is 18.3. The molecule has 1 heterocycles. The minimum atomic E-state index is -0.537. The average Bonchev–Trinajstić information content (AvgIpc) is 2.50. The van der Waals surface area contributed by atoms with Crippen molar-refractivity contribution < 1.29 is 14.3 Å². The lowest BCUT2D eigenvalue weighted by atomic mass is 9.95. The van der Waals surface area contributed by atoms with Gasteiger partial charge >= 0.3 is 12.0 Å². The fourth-order valence-corrected chi connectivity index (χ4v) is 2.40. The fourth-order valence-electron chi connectivity index (χ4n) is 2.28. The minimum absolute atomic E-state index is 0.260. The van der Waals surface area contributed by atoms with Gasteiger partial charge in [-0.2, -0.15) is 0 Å². The van der Waals surface area contributed by atoms with Crippen LogP contribution in [0.25, 0.3) is 0 Å². The molecule has 1 atom stereocenters. The van der Waals surface area contributed by atoms with Crippen LogP contribution < -0.4 is 5.32 Å². The summed E-state index contributed by atoms with van der Waals surface area (Å²) in [6.07, 6.45) is 0.742. The van der Waals surface area contributed by atoms with Crippen LogP contribution in [0.15, 0.2) is 35.5 Å². The molecule has 2 rings (SSSR count). The number of nitrogens with one attached hydrogen (secondary N) is 1. The molecular formula is C16H19ClN2O3. The topological polar surface area (TPSA) is 58.6 Å². The quantitative estimate of drug-likeness (QED) is 0.866. The lowest BCUT2D eigenvalue weighted by molar-refractivity contribution is -0.139. The molecule has 0 aliphatic carbocycles. The number of rotatable bonds is 4. The molecule has 0 saturated heterocycles. The highest BCUT2D eigenvalue weighted by Crippen LogP contribution is 2.31. The van der Waals surface area contributed by atoms with E-state index in [2.05, 4.69) is 5.32 Å². The van der Waals surface area contributed by atoms with Crippen molar-refractivity contribution in [2.45, 2.75) is 26.3 Å². The van der Waals surface area contributed by atoms with Crippen molar-refractivity contribution in [2.75, 3.05) is 13.7 Å². The largest absolute Gasteiger partial charge is 0.462 e. The number of halogens is 1. The van der Waals surface area contributed by atoms with Crippen molar-refractivity contribution in [1.29, 1.82) is 0 Å². The predicted octanol–water partition coefficient (Wildman–Crippen LogP) is 3.26. The Bertz CT molecular complexity index is 610. The summed E-state index contributed by atoms with van der Waals surface area (Å²) in [6.45, 7) is 4.02. The molecule has 0 unspecified atom stereocenters. The molecule has 1 N–H and O–H groups in total. The smallest absolute Gasteiger partial charge is 0.338 e. The molecule has 1 aromatic rings. The zero-order valence-electron chi connectivity index (χ0n) is 12.9. The third-order valence-electron chi connectivity index (χ3n) is 3.61. The first-order chi connectivity index (χ1) is 10.5. The van der Waals surface area contributed by atoms with E-state index in [4.69, 9.17) is 16.3 Å². The van der Waals surface area contributed by atoms with Gasteiger partial charge in [0.1, 0.15) is 0 Å². The molecule has 0 spiro atoms. The molecule has 1 aliphatic rings. The number of ether oxygens (including phenoxy) is 1. The van der Waals surface area contributed by atoms with E-state index in [0.29, 0.717) is 22.9 Å². The van der Waals surface area contributed by atoms with Crippen molar-refractivity contribution in [2.24, 2.45) is 0 Å². The van der Waals surface area contributed by atoms with Gasteiger partial charge in [0, 0.05) is 17.8 Å².